The third-order valence-electron chi connectivity index (χ3n) is 3.67. The first-order valence-corrected chi connectivity index (χ1v) is 6.80. The summed E-state index contributed by atoms with van der Waals surface area (Å²) in [5.41, 5.74) is -0.517. The maximum atomic E-state index is 14.1. The monoisotopic (exact) mass is 300 g/mol. The Morgan fingerprint density at radius 3 is 2.65 bits per heavy atom. The lowest BCUT2D eigenvalue weighted by Gasteiger charge is -2.42. The van der Waals surface area contributed by atoms with Crippen molar-refractivity contribution in [1.82, 2.24) is 0 Å². The van der Waals surface area contributed by atoms with E-state index in [1.807, 2.05) is 0 Å². The van der Waals surface area contributed by atoms with Gasteiger partial charge >= 0.3 is 0 Å². The summed E-state index contributed by atoms with van der Waals surface area (Å²) in [7, 11) is 0. The Morgan fingerprint density at radius 2 is 2.00 bits per heavy atom. The number of aliphatic hydroxyl groups is 1. The van der Waals surface area contributed by atoms with Crippen molar-refractivity contribution in [2.75, 3.05) is 0 Å². The van der Waals surface area contributed by atoms with E-state index in [0.29, 0.717) is 22.9 Å². The SMILES string of the molecule is CC1(C)CCCC(O)(c2cccc(Br)c2F)C1. The number of benzene rings is 1. The molecule has 94 valence electrons. The van der Waals surface area contributed by atoms with E-state index in [1.165, 1.54) is 0 Å². The maximum Gasteiger partial charge on any atom is 0.143 e. The zero-order chi connectivity index (χ0) is 12.7. The molecule has 0 radical (unpaired) electrons. The molecule has 1 N–H and O–H groups in total. The van der Waals surface area contributed by atoms with Gasteiger partial charge in [0.2, 0.25) is 0 Å². The molecule has 1 aromatic carbocycles. The first-order chi connectivity index (χ1) is 7.84. The average Bonchev–Trinajstić information content (AvgIpc) is 2.20. The van der Waals surface area contributed by atoms with Gasteiger partial charge in [0.25, 0.3) is 0 Å². The molecule has 1 nitrogen and oxygen atoms in total. The molecule has 0 spiro atoms. The molecule has 1 aliphatic rings. The van der Waals surface area contributed by atoms with Crippen molar-refractivity contribution in [1.29, 1.82) is 0 Å². The molecule has 0 saturated heterocycles. The van der Waals surface area contributed by atoms with Crippen LogP contribution in [0, 0.1) is 11.2 Å². The molecular formula is C14H18BrFO. The lowest BCUT2D eigenvalue weighted by molar-refractivity contribution is -0.0465. The van der Waals surface area contributed by atoms with E-state index in [9.17, 15) is 9.50 Å². The van der Waals surface area contributed by atoms with Crippen molar-refractivity contribution in [3.8, 4) is 0 Å². The molecule has 0 amide bonds. The van der Waals surface area contributed by atoms with E-state index >= 15 is 0 Å². The van der Waals surface area contributed by atoms with Crippen LogP contribution in [0.4, 0.5) is 4.39 Å². The minimum Gasteiger partial charge on any atom is -0.385 e. The molecule has 0 aromatic heterocycles. The Kier molecular flexibility index (Phi) is 3.34. The second kappa shape index (κ2) is 4.36. The summed E-state index contributed by atoms with van der Waals surface area (Å²) in [6.45, 7) is 4.26. The van der Waals surface area contributed by atoms with Crippen molar-refractivity contribution >= 4 is 15.9 Å². The largest absolute Gasteiger partial charge is 0.385 e. The van der Waals surface area contributed by atoms with Gasteiger partial charge in [-0.1, -0.05) is 26.0 Å². The smallest absolute Gasteiger partial charge is 0.143 e. The van der Waals surface area contributed by atoms with Crippen LogP contribution in [0.3, 0.4) is 0 Å². The highest BCUT2D eigenvalue weighted by atomic mass is 79.9. The topological polar surface area (TPSA) is 20.2 Å². The Balaban J connectivity index is 2.41. The van der Waals surface area contributed by atoms with Gasteiger partial charge in [-0.3, -0.25) is 0 Å². The lowest BCUT2D eigenvalue weighted by atomic mass is 9.67. The summed E-state index contributed by atoms with van der Waals surface area (Å²) in [5.74, 6) is -0.326. The number of hydrogen-bond donors (Lipinski definition) is 1. The Morgan fingerprint density at radius 1 is 1.29 bits per heavy atom. The number of halogens is 2. The Bertz CT molecular complexity index is 430. The summed E-state index contributed by atoms with van der Waals surface area (Å²) in [6.07, 6.45) is 3.29. The van der Waals surface area contributed by atoms with Crippen LogP contribution in [0.25, 0.3) is 0 Å². The number of rotatable bonds is 1. The van der Waals surface area contributed by atoms with Crippen LogP contribution in [0.15, 0.2) is 22.7 Å². The van der Waals surface area contributed by atoms with Crippen LogP contribution < -0.4 is 0 Å². The van der Waals surface area contributed by atoms with Crippen LogP contribution >= 0.6 is 15.9 Å². The van der Waals surface area contributed by atoms with Crippen molar-refractivity contribution in [3.63, 3.8) is 0 Å². The minimum absolute atomic E-state index is 0.0712. The van der Waals surface area contributed by atoms with Gasteiger partial charge in [0, 0.05) is 5.56 Å². The molecule has 1 unspecified atom stereocenters. The van der Waals surface area contributed by atoms with Crippen molar-refractivity contribution < 1.29 is 9.50 Å². The normalized spacial score (nSPS) is 28.1. The first kappa shape index (κ1) is 13.0. The predicted octanol–water partition coefficient (Wildman–Crippen LogP) is 4.38. The summed E-state index contributed by atoms with van der Waals surface area (Å²) >= 11 is 3.18. The summed E-state index contributed by atoms with van der Waals surface area (Å²) in [6, 6.07) is 5.14. The van der Waals surface area contributed by atoms with Gasteiger partial charge < -0.3 is 5.11 Å². The molecule has 1 atom stereocenters. The Hall–Kier alpha value is -0.410. The molecule has 1 aliphatic carbocycles. The molecule has 1 fully saturated rings. The van der Waals surface area contributed by atoms with Gasteiger partial charge in [-0.15, -0.1) is 0 Å². The molecule has 17 heavy (non-hydrogen) atoms. The summed E-state index contributed by atoms with van der Waals surface area (Å²) in [4.78, 5) is 0. The van der Waals surface area contributed by atoms with Gasteiger partial charge in [0.1, 0.15) is 5.82 Å². The van der Waals surface area contributed by atoms with Crippen LogP contribution in [0.5, 0.6) is 0 Å². The van der Waals surface area contributed by atoms with Crippen LogP contribution in [0.1, 0.15) is 45.1 Å². The van der Waals surface area contributed by atoms with E-state index in [4.69, 9.17) is 0 Å². The predicted molar refractivity (Wildman–Crippen MR) is 70.2 cm³/mol. The van der Waals surface area contributed by atoms with Crippen molar-refractivity contribution in [2.45, 2.75) is 45.1 Å². The van der Waals surface area contributed by atoms with Crippen molar-refractivity contribution in [2.24, 2.45) is 5.41 Å². The fourth-order valence-corrected chi connectivity index (χ4v) is 3.29. The van der Waals surface area contributed by atoms with Gasteiger partial charge in [-0.2, -0.15) is 0 Å². The first-order valence-electron chi connectivity index (χ1n) is 6.01. The lowest BCUT2D eigenvalue weighted by Crippen LogP contribution is -2.37. The zero-order valence-corrected chi connectivity index (χ0v) is 11.8. The highest BCUT2D eigenvalue weighted by Gasteiger charge is 2.41. The van der Waals surface area contributed by atoms with Gasteiger partial charge in [-0.25, -0.2) is 4.39 Å². The molecular weight excluding hydrogens is 283 g/mol. The van der Waals surface area contributed by atoms with Gasteiger partial charge in [0.05, 0.1) is 10.1 Å². The van der Waals surface area contributed by atoms with E-state index in [1.54, 1.807) is 18.2 Å². The fourth-order valence-electron chi connectivity index (χ4n) is 2.92. The minimum atomic E-state index is -1.02. The third-order valence-corrected chi connectivity index (χ3v) is 4.28. The van der Waals surface area contributed by atoms with Gasteiger partial charge in [-0.05, 0) is 53.1 Å². The molecule has 0 heterocycles. The number of hydrogen-bond acceptors (Lipinski definition) is 1. The van der Waals surface area contributed by atoms with Crippen molar-refractivity contribution in [3.05, 3.63) is 34.1 Å². The molecule has 3 heteroatoms. The van der Waals surface area contributed by atoms with E-state index in [-0.39, 0.29) is 11.2 Å². The second-order valence-corrected chi connectivity index (χ2v) is 6.68. The summed E-state index contributed by atoms with van der Waals surface area (Å²) in [5, 5.41) is 10.7. The van der Waals surface area contributed by atoms with Crippen LogP contribution in [-0.2, 0) is 5.60 Å². The third kappa shape index (κ3) is 2.55. The van der Waals surface area contributed by atoms with E-state index in [2.05, 4.69) is 29.8 Å². The quantitative estimate of drug-likeness (QED) is 0.816. The second-order valence-electron chi connectivity index (χ2n) is 5.83. The maximum absolute atomic E-state index is 14.1. The molecule has 0 bridgehead atoms. The average molecular weight is 301 g/mol. The standard InChI is InChI=1S/C14H18BrFO/c1-13(2)7-4-8-14(17,9-13)10-5-3-6-11(15)12(10)16/h3,5-6,17H,4,7-9H2,1-2H3. The molecule has 2 rings (SSSR count). The highest BCUT2D eigenvalue weighted by Crippen LogP contribution is 2.47. The van der Waals surface area contributed by atoms with Gasteiger partial charge in [0.15, 0.2) is 0 Å². The zero-order valence-electron chi connectivity index (χ0n) is 10.3. The van der Waals surface area contributed by atoms with Crippen LogP contribution in [-0.4, -0.2) is 5.11 Å². The highest BCUT2D eigenvalue weighted by molar-refractivity contribution is 9.10. The summed E-state index contributed by atoms with van der Waals surface area (Å²) < 4.78 is 14.5. The van der Waals surface area contributed by atoms with E-state index in [0.717, 1.165) is 12.8 Å². The fraction of sp³-hybridized carbons (Fsp3) is 0.571. The molecule has 1 aromatic rings. The Labute approximate surface area is 110 Å². The van der Waals surface area contributed by atoms with E-state index < -0.39 is 5.60 Å². The molecule has 1 saturated carbocycles. The molecule has 0 aliphatic heterocycles. The van der Waals surface area contributed by atoms with Crippen LogP contribution in [0.2, 0.25) is 0 Å².